The molecule has 0 saturated heterocycles. The van der Waals surface area contributed by atoms with Gasteiger partial charge in [-0.1, -0.05) is 20.8 Å². The van der Waals surface area contributed by atoms with Crippen molar-refractivity contribution in [2.45, 2.75) is 52.9 Å². The number of aromatic nitrogens is 2. The van der Waals surface area contributed by atoms with Crippen molar-refractivity contribution >= 4 is 11.0 Å². The van der Waals surface area contributed by atoms with Gasteiger partial charge in [0.1, 0.15) is 0 Å². The maximum atomic E-state index is 4.64. The van der Waals surface area contributed by atoms with Crippen LogP contribution < -0.4 is 0 Å². The highest BCUT2D eigenvalue weighted by molar-refractivity contribution is 5.76. The molecule has 3 rings (SSSR count). The van der Waals surface area contributed by atoms with E-state index in [1.165, 1.54) is 24.0 Å². The highest BCUT2D eigenvalue weighted by atomic mass is 14.8. The van der Waals surface area contributed by atoms with Crippen LogP contribution >= 0.6 is 0 Å². The first-order valence-electron chi connectivity index (χ1n) is 7.04. The average molecular weight is 242 g/mol. The van der Waals surface area contributed by atoms with Crippen molar-refractivity contribution in [2.24, 2.45) is 0 Å². The van der Waals surface area contributed by atoms with Crippen molar-refractivity contribution in [3.8, 4) is 0 Å². The van der Waals surface area contributed by atoms with Crippen molar-refractivity contribution in [3.05, 3.63) is 35.2 Å². The second-order valence-corrected chi connectivity index (χ2v) is 4.69. The number of hydrogen-bond acceptors (Lipinski definition) is 2. The van der Waals surface area contributed by atoms with Crippen molar-refractivity contribution in [2.75, 3.05) is 0 Å². The highest BCUT2D eigenvalue weighted by Crippen LogP contribution is 2.42. The van der Waals surface area contributed by atoms with Gasteiger partial charge >= 0.3 is 0 Å². The lowest BCUT2D eigenvalue weighted by Gasteiger charge is -2.06. The van der Waals surface area contributed by atoms with Crippen molar-refractivity contribution in [3.63, 3.8) is 0 Å². The smallest absolute Gasteiger partial charge is 0.0893 e. The summed E-state index contributed by atoms with van der Waals surface area (Å²) < 4.78 is 0. The molecule has 2 aromatic rings. The SMILES string of the molecule is CC.CCc1cnc2cc(C)c(C3CC3)cc2n1. The molecule has 0 atom stereocenters. The molecule has 0 unspecified atom stereocenters. The number of nitrogens with zero attached hydrogens (tertiary/aromatic N) is 2. The quantitative estimate of drug-likeness (QED) is 0.779. The fourth-order valence-electron chi connectivity index (χ4n) is 2.22. The monoisotopic (exact) mass is 242 g/mol. The van der Waals surface area contributed by atoms with Gasteiger partial charge in [0.25, 0.3) is 0 Å². The lowest BCUT2D eigenvalue weighted by Crippen LogP contribution is -1.94. The summed E-state index contributed by atoms with van der Waals surface area (Å²) in [4.78, 5) is 9.11. The van der Waals surface area contributed by atoms with Gasteiger partial charge < -0.3 is 0 Å². The van der Waals surface area contributed by atoms with E-state index in [2.05, 4.69) is 35.9 Å². The van der Waals surface area contributed by atoms with Gasteiger partial charge in [-0.05, 0) is 55.4 Å². The van der Waals surface area contributed by atoms with Crippen molar-refractivity contribution in [1.29, 1.82) is 0 Å². The van der Waals surface area contributed by atoms with Crippen LogP contribution in [0.4, 0.5) is 0 Å². The largest absolute Gasteiger partial charge is 0.253 e. The van der Waals surface area contributed by atoms with Gasteiger partial charge in [0.2, 0.25) is 0 Å². The van der Waals surface area contributed by atoms with Crippen LogP contribution in [0.25, 0.3) is 11.0 Å². The molecule has 0 N–H and O–H groups in total. The molecule has 1 fully saturated rings. The van der Waals surface area contributed by atoms with E-state index in [1.807, 2.05) is 20.0 Å². The van der Waals surface area contributed by atoms with Crippen LogP contribution in [0.1, 0.15) is 56.4 Å². The molecule has 1 aliphatic rings. The topological polar surface area (TPSA) is 25.8 Å². The van der Waals surface area contributed by atoms with Crippen molar-refractivity contribution < 1.29 is 0 Å². The predicted octanol–water partition coefficient (Wildman–Crippen LogP) is 4.40. The predicted molar refractivity (Wildman–Crippen MR) is 77.0 cm³/mol. The van der Waals surface area contributed by atoms with E-state index < -0.39 is 0 Å². The summed E-state index contributed by atoms with van der Waals surface area (Å²) in [5.74, 6) is 0.788. The first-order valence-corrected chi connectivity index (χ1v) is 7.04. The van der Waals surface area contributed by atoms with Gasteiger partial charge in [0, 0.05) is 6.20 Å². The molecule has 0 radical (unpaired) electrons. The lowest BCUT2D eigenvalue weighted by atomic mass is 10.0. The molecule has 1 aliphatic carbocycles. The molecule has 0 bridgehead atoms. The molecule has 0 aliphatic heterocycles. The third kappa shape index (κ3) is 2.53. The Kier molecular flexibility index (Phi) is 3.95. The zero-order valence-corrected chi connectivity index (χ0v) is 11.8. The summed E-state index contributed by atoms with van der Waals surface area (Å²) in [6.07, 6.45) is 5.52. The molecule has 1 aromatic carbocycles. The number of fused-ring (bicyclic) bond motifs is 1. The minimum Gasteiger partial charge on any atom is -0.253 e. The van der Waals surface area contributed by atoms with Crippen LogP contribution in [0.3, 0.4) is 0 Å². The number of hydrogen-bond donors (Lipinski definition) is 0. The van der Waals surface area contributed by atoms with Crippen LogP contribution in [0, 0.1) is 6.92 Å². The number of benzene rings is 1. The zero-order valence-electron chi connectivity index (χ0n) is 11.8. The van der Waals surface area contributed by atoms with Gasteiger partial charge in [-0.25, -0.2) is 4.98 Å². The molecule has 2 heteroatoms. The molecular formula is C16H22N2. The minimum absolute atomic E-state index is 0.788. The second kappa shape index (κ2) is 5.47. The summed E-state index contributed by atoms with van der Waals surface area (Å²) in [6.45, 7) is 8.30. The average Bonchev–Trinajstić information content (AvgIpc) is 3.24. The van der Waals surface area contributed by atoms with Crippen LogP contribution in [0.15, 0.2) is 18.3 Å². The van der Waals surface area contributed by atoms with Crippen molar-refractivity contribution in [1.82, 2.24) is 9.97 Å². The fraction of sp³-hybridized carbons (Fsp3) is 0.500. The summed E-state index contributed by atoms with van der Waals surface area (Å²) in [5, 5.41) is 0. The van der Waals surface area contributed by atoms with Gasteiger partial charge in [0.05, 0.1) is 16.7 Å². The molecule has 18 heavy (non-hydrogen) atoms. The molecule has 96 valence electrons. The lowest BCUT2D eigenvalue weighted by molar-refractivity contribution is 1.02. The third-order valence-electron chi connectivity index (χ3n) is 3.36. The molecule has 1 aromatic heterocycles. The fourth-order valence-corrected chi connectivity index (χ4v) is 2.22. The van der Waals surface area contributed by atoms with E-state index in [0.717, 1.165) is 29.1 Å². The van der Waals surface area contributed by atoms with E-state index in [4.69, 9.17) is 0 Å². The molecule has 1 heterocycles. The Morgan fingerprint density at radius 3 is 2.50 bits per heavy atom. The summed E-state index contributed by atoms with van der Waals surface area (Å²) >= 11 is 0. The zero-order chi connectivity index (χ0) is 13.1. The minimum atomic E-state index is 0.788. The van der Waals surface area contributed by atoms with Gasteiger partial charge in [0.15, 0.2) is 0 Å². The van der Waals surface area contributed by atoms with Crippen LogP contribution in [0.5, 0.6) is 0 Å². The van der Waals surface area contributed by atoms with E-state index in [1.54, 1.807) is 0 Å². The normalized spacial score (nSPS) is 14.2. The Labute approximate surface area is 109 Å². The summed E-state index contributed by atoms with van der Waals surface area (Å²) in [6, 6.07) is 4.42. The van der Waals surface area contributed by atoms with Crippen LogP contribution in [-0.4, -0.2) is 9.97 Å². The Morgan fingerprint density at radius 2 is 1.89 bits per heavy atom. The molecule has 0 spiro atoms. The molecule has 2 nitrogen and oxygen atoms in total. The van der Waals surface area contributed by atoms with Gasteiger partial charge in [-0.15, -0.1) is 0 Å². The van der Waals surface area contributed by atoms with Gasteiger partial charge in [-0.3, -0.25) is 4.98 Å². The Bertz CT molecular complexity index is 542. The first kappa shape index (κ1) is 13.0. The van der Waals surface area contributed by atoms with E-state index in [0.29, 0.717) is 0 Å². The van der Waals surface area contributed by atoms with Gasteiger partial charge in [-0.2, -0.15) is 0 Å². The standard InChI is InChI=1S/C14H16N2.C2H6/c1-3-11-8-15-13-6-9(2)12(10-4-5-10)7-14(13)16-11;1-2/h6-8,10H,3-5H2,1-2H3;1-2H3. The number of aryl methyl sites for hydroxylation is 2. The third-order valence-corrected chi connectivity index (χ3v) is 3.36. The Balaban J connectivity index is 0.000000574. The first-order chi connectivity index (χ1) is 8.78. The summed E-state index contributed by atoms with van der Waals surface area (Å²) in [7, 11) is 0. The maximum absolute atomic E-state index is 4.64. The van der Waals surface area contributed by atoms with E-state index in [-0.39, 0.29) is 0 Å². The highest BCUT2D eigenvalue weighted by Gasteiger charge is 2.25. The maximum Gasteiger partial charge on any atom is 0.0893 e. The van der Waals surface area contributed by atoms with E-state index >= 15 is 0 Å². The van der Waals surface area contributed by atoms with E-state index in [9.17, 15) is 0 Å². The molecule has 1 saturated carbocycles. The summed E-state index contributed by atoms with van der Waals surface area (Å²) in [5.41, 5.74) is 6.02. The van der Waals surface area contributed by atoms with Crippen LogP contribution in [-0.2, 0) is 6.42 Å². The molecule has 0 amide bonds. The molecular weight excluding hydrogens is 220 g/mol. The Morgan fingerprint density at radius 1 is 1.17 bits per heavy atom. The number of rotatable bonds is 2. The Hall–Kier alpha value is -1.44. The second-order valence-electron chi connectivity index (χ2n) is 4.69. The van der Waals surface area contributed by atoms with Crippen LogP contribution in [0.2, 0.25) is 0 Å².